The Hall–Kier alpha value is -11.0. The van der Waals surface area contributed by atoms with Crippen LogP contribution in [-0.4, -0.2) is 21.5 Å². The molecule has 0 aliphatic carbocycles. The van der Waals surface area contributed by atoms with E-state index in [4.69, 9.17) is 9.15 Å². The zero-order chi connectivity index (χ0) is 60.0. The predicted molar refractivity (Wildman–Crippen MR) is 390 cm³/mol. The SMILES string of the molecule is c1ccc(-c2cccc(-c3ccc(-c4ccc5c(c4)Oc4ccccc4B5c4cccc5c4oc4ccc([Si](c6ccccc6)(c6ccccc6)c6ccccc6)cc45)c4c3sc3c(B5c6ccccc6N(c6ccccc6)c6ccccc65)cccc34)c2)cc1. The van der Waals surface area contributed by atoms with Crippen molar-refractivity contribution in [3.63, 3.8) is 0 Å². The van der Waals surface area contributed by atoms with E-state index < -0.39 is 8.07 Å². The van der Waals surface area contributed by atoms with Crippen molar-refractivity contribution in [1.29, 1.82) is 0 Å². The van der Waals surface area contributed by atoms with E-state index in [0.717, 1.165) is 61.1 Å². The summed E-state index contributed by atoms with van der Waals surface area (Å²) in [5, 5.41) is 10.0. The second-order valence-corrected chi connectivity index (χ2v) is 28.9. The van der Waals surface area contributed by atoms with E-state index in [1.165, 1.54) is 96.5 Å². The Kier molecular flexibility index (Phi) is 12.6. The Bertz CT molecular complexity index is 5340. The number of hydrogen-bond donors (Lipinski definition) is 0. The zero-order valence-electron chi connectivity index (χ0n) is 49.6. The van der Waals surface area contributed by atoms with Gasteiger partial charge in [-0.25, -0.2) is 0 Å². The third kappa shape index (κ3) is 8.49. The number of benzene rings is 14. The van der Waals surface area contributed by atoms with Crippen molar-refractivity contribution < 1.29 is 9.15 Å². The summed E-state index contributed by atoms with van der Waals surface area (Å²) >= 11 is 1.93. The summed E-state index contributed by atoms with van der Waals surface area (Å²) in [7, 11) is -2.83. The van der Waals surface area contributed by atoms with Crippen molar-refractivity contribution in [3.05, 3.63) is 334 Å². The van der Waals surface area contributed by atoms with Crippen LogP contribution in [0, 0.1) is 0 Å². The molecular formula is C84H55B2NO2SSi. The lowest BCUT2D eigenvalue weighted by Crippen LogP contribution is -2.74. The molecule has 0 bridgehead atoms. The van der Waals surface area contributed by atoms with Crippen molar-refractivity contribution in [2.24, 2.45) is 0 Å². The summed E-state index contributed by atoms with van der Waals surface area (Å²) in [4.78, 5) is 2.44. The number of fused-ring (bicyclic) bond motifs is 10. The molecule has 0 amide bonds. The first-order valence-electron chi connectivity index (χ1n) is 31.4. The monoisotopic (exact) mass is 1190 g/mol. The lowest BCUT2D eigenvalue weighted by atomic mass is 9.35. The van der Waals surface area contributed by atoms with Gasteiger partial charge in [0.2, 0.25) is 6.71 Å². The second-order valence-electron chi connectivity index (χ2n) is 24.1. The van der Waals surface area contributed by atoms with Gasteiger partial charge in [-0.1, -0.05) is 291 Å². The highest BCUT2D eigenvalue weighted by Crippen LogP contribution is 2.47. The fourth-order valence-electron chi connectivity index (χ4n) is 15.3. The quantitative estimate of drug-likeness (QED) is 0.101. The van der Waals surface area contributed by atoms with Gasteiger partial charge in [0.15, 0.2) is 8.07 Å². The molecule has 0 fully saturated rings. The summed E-state index contributed by atoms with van der Waals surface area (Å²) < 4.78 is 16.9. The second kappa shape index (κ2) is 21.7. The topological polar surface area (TPSA) is 25.6 Å². The minimum atomic E-state index is -2.83. The molecule has 2 aromatic heterocycles. The van der Waals surface area contributed by atoms with Crippen LogP contribution in [0.2, 0.25) is 0 Å². The van der Waals surface area contributed by atoms with Crippen LogP contribution in [0.5, 0.6) is 11.5 Å². The van der Waals surface area contributed by atoms with Gasteiger partial charge in [0.1, 0.15) is 22.7 Å². The van der Waals surface area contributed by atoms with Gasteiger partial charge >= 0.3 is 0 Å². The number of furan rings is 1. The van der Waals surface area contributed by atoms with E-state index in [1.807, 2.05) is 11.3 Å². The smallest absolute Gasteiger partial charge is 0.255 e. The van der Waals surface area contributed by atoms with Crippen LogP contribution < -0.4 is 63.2 Å². The van der Waals surface area contributed by atoms with Gasteiger partial charge in [0, 0.05) is 48.0 Å². The molecule has 0 radical (unpaired) electrons. The standard InChI is InChI=1S/C84H55B2NO2SSi/c1-6-25-56(26-7-1)57-27-22-28-58(53-57)66-50-49-65(81-68-38-24-43-75(83(68)90-84(66)81)85-70-39-16-19-44-76(70)87(60-29-8-2-9-30-60)77-45-20-17-40-71(77)85)59-47-51-73-80(54-59)88-79-46-21-18-41-72(79)86(73)74-42-23-37-67-69-55-64(48-52-78(69)89-82(67)74)91(61-31-10-3-11-32-61,62-33-12-4-13-34-62)63-35-14-5-15-36-63/h1-55H. The minimum absolute atomic E-state index is 0.0156. The van der Waals surface area contributed by atoms with Crippen LogP contribution in [0.15, 0.2) is 338 Å². The summed E-state index contributed by atoms with van der Waals surface area (Å²) in [5.74, 6) is 1.69. The number of thiophene rings is 1. The molecule has 16 aromatic rings. The molecule has 0 spiro atoms. The fourth-order valence-corrected chi connectivity index (χ4v) is 21.5. The summed E-state index contributed by atoms with van der Waals surface area (Å²) in [6.07, 6.45) is 0. The maximum Gasteiger partial charge on any atom is 0.255 e. The summed E-state index contributed by atoms with van der Waals surface area (Å²) in [6, 6.07) is 123. The van der Waals surface area contributed by atoms with Crippen LogP contribution in [0.3, 0.4) is 0 Å². The van der Waals surface area contributed by atoms with Crippen molar-refractivity contribution in [1.82, 2.24) is 0 Å². The highest BCUT2D eigenvalue weighted by molar-refractivity contribution is 7.28. The molecule has 91 heavy (non-hydrogen) atoms. The maximum atomic E-state index is 7.20. The lowest BCUT2D eigenvalue weighted by molar-refractivity contribution is 0.487. The molecule has 424 valence electrons. The van der Waals surface area contributed by atoms with E-state index >= 15 is 0 Å². The molecule has 2 aliphatic rings. The highest BCUT2D eigenvalue weighted by Gasteiger charge is 2.43. The Labute approximate surface area is 534 Å². The van der Waals surface area contributed by atoms with Crippen molar-refractivity contribution >= 4 is 146 Å². The lowest BCUT2D eigenvalue weighted by Gasteiger charge is -2.37. The van der Waals surface area contributed by atoms with E-state index in [2.05, 4.69) is 339 Å². The first-order chi connectivity index (χ1) is 45.2. The molecule has 2 aliphatic heterocycles. The molecule has 18 rings (SSSR count). The Balaban J connectivity index is 0.811. The molecular weight excluding hydrogens is 1140 g/mol. The van der Waals surface area contributed by atoms with Crippen molar-refractivity contribution in [3.8, 4) is 44.9 Å². The van der Waals surface area contributed by atoms with E-state index in [-0.39, 0.29) is 13.4 Å². The molecule has 0 atom stereocenters. The third-order valence-corrected chi connectivity index (χ3v) is 25.3. The number of ether oxygens (including phenoxy) is 1. The molecule has 0 N–H and O–H groups in total. The number of hydrogen-bond acceptors (Lipinski definition) is 4. The van der Waals surface area contributed by atoms with Gasteiger partial charge < -0.3 is 14.1 Å². The van der Waals surface area contributed by atoms with Gasteiger partial charge in [-0.3, -0.25) is 0 Å². The molecule has 4 heterocycles. The van der Waals surface area contributed by atoms with Crippen LogP contribution >= 0.6 is 11.3 Å². The highest BCUT2D eigenvalue weighted by atomic mass is 32.1. The van der Waals surface area contributed by atoms with Gasteiger partial charge in [-0.15, -0.1) is 11.3 Å². The Morgan fingerprint density at radius 1 is 0.308 bits per heavy atom. The van der Waals surface area contributed by atoms with Crippen LogP contribution in [0.4, 0.5) is 17.1 Å². The first kappa shape index (κ1) is 53.1. The molecule has 0 saturated carbocycles. The number of anilines is 3. The molecule has 3 nitrogen and oxygen atoms in total. The average Bonchev–Trinajstić information content (AvgIpc) is 1.74. The van der Waals surface area contributed by atoms with Crippen LogP contribution in [-0.2, 0) is 0 Å². The maximum absolute atomic E-state index is 7.20. The summed E-state index contributed by atoms with van der Waals surface area (Å²) in [5.41, 5.74) is 19.5. The van der Waals surface area contributed by atoms with Gasteiger partial charge in [0.05, 0.1) is 0 Å². The van der Waals surface area contributed by atoms with Crippen molar-refractivity contribution in [2.75, 3.05) is 4.90 Å². The largest absolute Gasteiger partial charge is 0.458 e. The number of para-hydroxylation sites is 5. The Morgan fingerprint density at radius 3 is 1.52 bits per heavy atom. The van der Waals surface area contributed by atoms with Crippen LogP contribution in [0.25, 0.3) is 75.5 Å². The van der Waals surface area contributed by atoms with Crippen molar-refractivity contribution in [2.45, 2.75) is 0 Å². The minimum Gasteiger partial charge on any atom is -0.458 e. The van der Waals surface area contributed by atoms with Gasteiger partial charge in [-0.05, 0) is 130 Å². The van der Waals surface area contributed by atoms with Gasteiger partial charge in [-0.2, -0.15) is 0 Å². The average molecular weight is 1190 g/mol. The molecule has 0 saturated heterocycles. The first-order valence-corrected chi connectivity index (χ1v) is 34.2. The predicted octanol–water partition coefficient (Wildman–Crippen LogP) is 15.3. The Morgan fingerprint density at radius 2 is 0.824 bits per heavy atom. The molecule has 14 aromatic carbocycles. The van der Waals surface area contributed by atoms with E-state index in [0.29, 0.717) is 0 Å². The third-order valence-electron chi connectivity index (χ3n) is 19.2. The van der Waals surface area contributed by atoms with E-state index in [9.17, 15) is 0 Å². The molecule has 0 unspecified atom stereocenters. The normalized spacial score (nSPS) is 12.6. The summed E-state index contributed by atoms with van der Waals surface area (Å²) in [6.45, 7) is -0.190. The number of rotatable bonds is 10. The van der Waals surface area contributed by atoms with Gasteiger partial charge in [0.25, 0.3) is 6.71 Å². The fraction of sp³-hybridized carbons (Fsp3) is 0. The van der Waals surface area contributed by atoms with Crippen LogP contribution in [0.1, 0.15) is 0 Å². The zero-order valence-corrected chi connectivity index (χ0v) is 51.4. The number of nitrogens with zero attached hydrogens (tertiary/aromatic N) is 1. The molecule has 7 heteroatoms. The van der Waals surface area contributed by atoms with E-state index in [1.54, 1.807) is 0 Å².